The van der Waals surface area contributed by atoms with Gasteiger partial charge in [0.1, 0.15) is 23.8 Å². The van der Waals surface area contributed by atoms with E-state index in [1.54, 1.807) is 30.4 Å². The van der Waals surface area contributed by atoms with E-state index >= 15 is 0 Å². The summed E-state index contributed by atoms with van der Waals surface area (Å²) in [5.41, 5.74) is 11.9. The molecule has 2 aromatic carbocycles. The first-order valence-corrected chi connectivity index (χ1v) is 19.2. The molecule has 2 aliphatic rings. The normalized spacial score (nSPS) is 18.5. The first-order chi connectivity index (χ1) is 27.1. The van der Waals surface area contributed by atoms with E-state index in [0.717, 1.165) is 70.8 Å². The number of nitrogens with two attached hydrogens (primary N) is 1. The van der Waals surface area contributed by atoms with Crippen LogP contribution in [0.1, 0.15) is 70.2 Å². The van der Waals surface area contributed by atoms with Gasteiger partial charge in [-0.2, -0.15) is 0 Å². The number of hydrogen-bond donors (Lipinski definition) is 4. The summed E-state index contributed by atoms with van der Waals surface area (Å²) in [6.07, 6.45) is 7.54. The lowest BCUT2D eigenvalue weighted by atomic mass is 10.0. The molecule has 0 aliphatic carbocycles. The summed E-state index contributed by atoms with van der Waals surface area (Å²) in [7, 11) is 1.45. The molecule has 292 valence electrons. The van der Waals surface area contributed by atoms with Crippen LogP contribution in [0.15, 0.2) is 85.5 Å². The Labute approximate surface area is 326 Å². The number of rotatable bonds is 13. The molecule has 2 aliphatic heterocycles. The zero-order valence-electron chi connectivity index (χ0n) is 32.1. The maximum absolute atomic E-state index is 13.9. The third-order valence-corrected chi connectivity index (χ3v) is 10.8. The number of anilines is 1. The summed E-state index contributed by atoms with van der Waals surface area (Å²) >= 11 is 0. The summed E-state index contributed by atoms with van der Waals surface area (Å²) in [4.78, 5) is 63.0. The number of methoxy groups -OCH3 is 1. The number of H-pyrrole nitrogens is 2. The van der Waals surface area contributed by atoms with Crippen molar-refractivity contribution in [3.63, 3.8) is 0 Å². The average molecular weight is 760 g/mol. The fraction of sp³-hybridized carbons (Fsp3) is 0.381. The van der Waals surface area contributed by atoms with E-state index in [0.29, 0.717) is 18.9 Å². The number of nitrogens with one attached hydrogen (secondary N) is 3. The monoisotopic (exact) mass is 759 g/mol. The highest BCUT2D eigenvalue weighted by atomic mass is 16.6. The molecule has 2 fully saturated rings. The number of ether oxygens (including phenoxy) is 2. The van der Waals surface area contributed by atoms with Crippen molar-refractivity contribution in [3.05, 3.63) is 97.1 Å². The van der Waals surface area contributed by atoms with Gasteiger partial charge in [-0.15, -0.1) is 0 Å². The molecule has 3 aromatic heterocycles. The molecule has 14 nitrogen and oxygen atoms in total. The van der Waals surface area contributed by atoms with Crippen LogP contribution >= 0.6 is 0 Å². The predicted molar refractivity (Wildman–Crippen MR) is 212 cm³/mol. The number of aromatic amines is 2. The number of primary amides is 1. The van der Waals surface area contributed by atoms with Gasteiger partial charge in [0.2, 0.25) is 12.0 Å². The number of nitrogens with zero attached hydrogens (tertiary/aromatic N) is 5. The minimum atomic E-state index is -1.14. The van der Waals surface area contributed by atoms with E-state index in [1.165, 1.54) is 7.11 Å². The van der Waals surface area contributed by atoms with Crippen molar-refractivity contribution in [2.45, 2.75) is 76.8 Å². The van der Waals surface area contributed by atoms with Crippen LogP contribution in [0.2, 0.25) is 0 Å². The lowest BCUT2D eigenvalue weighted by Crippen LogP contribution is -2.47. The Bertz CT molecular complexity index is 2120. The van der Waals surface area contributed by atoms with Crippen LogP contribution < -0.4 is 11.1 Å². The Morgan fingerprint density at radius 1 is 0.768 bits per heavy atom. The molecule has 0 spiro atoms. The average Bonchev–Trinajstić information content (AvgIpc) is 4.06. The molecule has 0 radical (unpaired) electrons. The molecule has 0 unspecified atom stereocenters. The number of hydrogen-bond acceptors (Lipinski definition) is 9. The van der Waals surface area contributed by atoms with Gasteiger partial charge in [0.25, 0.3) is 5.91 Å². The Morgan fingerprint density at radius 3 is 1.75 bits per heavy atom. The lowest BCUT2D eigenvalue weighted by molar-refractivity contribution is -0.148. The smallest absolute Gasteiger partial charge is 0.405 e. The third kappa shape index (κ3) is 8.15. The largest absolute Gasteiger partial charge is 0.433 e. The molecule has 0 saturated carbocycles. The number of benzene rings is 2. The fourth-order valence-electron chi connectivity index (χ4n) is 7.70. The van der Waals surface area contributed by atoms with Crippen molar-refractivity contribution in [2.75, 3.05) is 25.5 Å². The van der Waals surface area contributed by atoms with Gasteiger partial charge < -0.3 is 40.3 Å². The van der Waals surface area contributed by atoms with Gasteiger partial charge in [0, 0.05) is 32.6 Å². The third-order valence-electron chi connectivity index (χ3n) is 10.8. The Balaban J connectivity index is 1.000. The molecule has 5 heterocycles. The number of pyridine rings is 1. The minimum absolute atomic E-state index is 0.0694. The molecule has 3 amide bonds. The van der Waals surface area contributed by atoms with Crippen LogP contribution in [0.3, 0.4) is 0 Å². The number of likely N-dealkylation sites (tertiary alicyclic amines) is 2. The van der Waals surface area contributed by atoms with Crippen molar-refractivity contribution >= 4 is 23.6 Å². The standard InChI is InChI=1S/C42H49N9O5/c1-25(2)36(47-31-8-5-19-44-22-31)40(52)50-20-6-9-34(50)38-45-23-32(48-38)29-15-11-27(12-16-29)28-13-17-30(18-14-28)33-24-46-39(49-33)35-10-7-21-51(35)41(53)37(26(3)55-4)56-42(43)54/h5,8,11-19,22-26,34-37,47H,6-7,9-10,20-21H2,1-4H3,(H2,43,54)(H,45,48)(H,46,49)/t26-,34+,35+,36+,37+/m1/s1. The number of amides is 3. The number of carbonyl (C=O) groups excluding carboxylic acids is 3. The summed E-state index contributed by atoms with van der Waals surface area (Å²) in [5.74, 6) is 1.26. The topological polar surface area (TPSA) is 184 Å². The molecule has 5 aromatic rings. The zero-order chi connectivity index (χ0) is 39.3. The first-order valence-electron chi connectivity index (χ1n) is 19.2. The van der Waals surface area contributed by atoms with Gasteiger partial charge in [-0.1, -0.05) is 62.4 Å². The zero-order valence-corrected chi connectivity index (χ0v) is 32.1. The van der Waals surface area contributed by atoms with Crippen LogP contribution in [0, 0.1) is 5.92 Å². The van der Waals surface area contributed by atoms with Gasteiger partial charge in [-0.25, -0.2) is 14.8 Å². The minimum Gasteiger partial charge on any atom is -0.433 e. The molecular formula is C42H49N9O5. The van der Waals surface area contributed by atoms with Gasteiger partial charge in [0.05, 0.1) is 41.6 Å². The fourth-order valence-corrected chi connectivity index (χ4v) is 7.70. The van der Waals surface area contributed by atoms with Gasteiger partial charge in [0.15, 0.2) is 0 Å². The van der Waals surface area contributed by atoms with Crippen LogP contribution in [0.5, 0.6) is 0 Å². The summed E-state index contributed by atoms with van der Waals surface area (Å²) in [5, 5.41) is 3.40. The molecule has 5 N–H and O–H groups in total. The predicted octanol–water partition coefficient (Wildman–Crippen LogP) is 6.49. The molecular weight excluding hydrogens is 711 g/mol. The van der Waals surface area contributed by atoms with Crippen molar-refractivity contribution in [1.82, 2.24) is 34.7 Å². The maximum atomic E-state index is 13.9. The van der Waals surface area contributed by atoms with Crippen LogP contribution in [-0.4, -0.2) is 91.1 Å². The highest BCUT2D eigenvalue weighted by Crippen LogP contribution is 2.35. The van der Waals surface area contributed by atoms with E-state index in [9.17, 15) is 14.4 Å². The summed E-state index contributed by atoms with van der Waals surface area (Å²) < 4.78 is 10.4. The molecule has 5 atom stereocenters. The number of carbonyl (C=O) groups is 3. The molecule has 56 heavy (non-hydrogen) atoms. The molecule has 0 bridgehead atoms. The second kappa shape index (κ2) is 16.8. The highest BCUT2D eigenvalue weighted by Gasteiger charge is 2.40. The van der Waals surface area contributed by atoms with Crippen molar-refractivity contribution in [1.29, 1.82) is 0 Å². The summed E-state index contributed by atoms with van der Waals surface area (Å²) in [6, 6.07) is 19.6. The van der Waals surface area contributed by atoms with E-state index in [1.807, 2.05) is 35.4 Å². The molecule has 7 rings (SSSR count). The second-order valence-corrected chi connectivity index (χ2v) is 14.8. The van der Waals surface area contributed by atoms with E-state index in [2.05, 4.69) is 75.5 Å². The van der Waals surface area contributed by atoms with Gasteiger partial charge in [-0.3, -0.25) is 14.6 Å². The van der Waals surface area contributed by atoms with Crippen molar-refractivity contribution in [3.8, 4) is 33.6 Å². The Kier molecular flexibility index (Phi) is 11.5. The number of imidazole rings is 2. The molecule has 2 saturated heterocycles. The van der Waals surface area contributed by atoms with Gasteiger partial charge >= 0.3 is 6.09 Å². The quantitative estimate of drug-likeness (QED) is 0.104. The summed E-state index contributed by atoms with van der Waals surface area (Å²) in [6.45, 7) is 6.97. The highest BCUT2D eigenvalue weighted by molar-refractivity contribution is 5.86. The van der Waals surface area contributed by atoms with E-state index in [4.69, 9.17) is 20.2 Å². The first kappa shape index (κ1) is 38.3. The van der Waals surface area contributed by atoms with Crippen LogP contribution in [-0.2, 0) is 19.1 Å². The molecule has 14 heteroatoms. The van der Waals surface area contributed by atoms with Crippen molar-refractivity contribution < 1.29 is 23.9 Å². The maximum Gasteiger partial charge on any atom is 0.405 e. The van der Waals surface area contributed by atoms with E-state index < -0.39 is 18.3 Å². The van der Waals surface area contributed by atoms with Crippen LogP contribution in [0.25, 0.3) is 33.6 Å². The van der Waals surface area contributed by atoms with Crippen LogP contribution in [0.4, 0.5) is 10.5 Å². The van der Waals surface area contributed by atoms with Crippen molar-refractivity contribution in [2.24, 2.45) is 11.7 Å². The Morgan fingerprint density at radius 2 is 1.29 bits per heavy atom. The van der Waals surface area contributed by atoms with Gasteiger partial charge in [-0.05, 0) is 72.9 Å². The second-order valence-electron chi connectivity index (χ2n) is 14.8. The van der Waals surface area contributed by atoms with E-state index in [-0.39, 0.29) is 35.9 Å². The lowest BCUT2D eigenvalue weighted by Gasteiger charge is -2.30. The number of aromatic nitrogens is 5. The SMILES string of the molecule is CO[C@H](C)[C@H](OC(N)=O)C(=O)N1CCC[C@H]1c1ncc(-c2ccc(-c3ccc(-c4cnc([C@@H]5CCCN5C(=O)[C@@H](Nc5cccnc5)C(C)C)[nH]4)cc3)cc2)[nH]1. The Hall–Kier alpha value is -6.02.